The summed E-state index contributed by atoms with van der Waals surface area (Å²) in [6.45, 7) is 14.3. The summed E-state index contributed by atoms with van der Waals surface area (Å²) in [4.78, 5) is 2.39. The molecule has 2 rings (SSSR count). The summed E-state index contributed by atoms with van der Waals surface area (Å²) >= 11 is 0. The second kappa shape index (κ2) is 4.92. The van der Waals surface area contributed by atoms with Crippen LogP contribution < -0.4 is 10.2 Å². The molecule has 1 aliphatic rings. The lowest BCUT2D eigenvalue weighted by molar-refractivity contribution is 0.253. The summed E-state index contributed by atoms with van der Waals surface area (Å²) in [5.41, 5.74) is 0.291. The summed E-state index contributed by atoms with van der Waals surface area (Å²) in [5.74, 6) is 1.11. The number of piperazine rings is 1. The Morgan fingerprint density at radius 1 is 1.39 bits per heavy atom. The Bertz CT molecular complexity index is 389. The van der Waals surface area contributed by atoms with Gasteiger partial charge in [0.05, 0.1) is 0 Å². The minimum absolute atomic E-state index is 0.291. The maximum absolute atomic E-state index is 4.66. The molecule has 0 bridgehead atoms. The number of hydrogen-bond acceptors (Lipinski definition) is 3. The van der Waals surface area contributed by atoms with Crippen molar-refractivity contribution < 1.29 is 0 Å². The van der Waals surface area contributed by atoms with E-state index >= 15 is 0 Å². The molecule has 1 fully saturated rings. The van der Waals surface area contributed by atoms with Crippen LogP contribution in [-0.2, 0) is 0 Å². The highest BCUT2D eigenvalue weighted by atomic mass is 15.4. The normalized spacial score (nSPS) is 21.7. The second-order valence-corrected chi connectivity index (χ2v) is 6.57. The van der Waals surface area contributed by atoms with Gasteiger partial charge in [0.1, 0.15) is 0 Å². The molecule has 102 valence electrons. The quantitative estimate of drug-likeness (QED) is 0.874. The molecule has 0 amide bonds. The van der Waals surface area contributed by atoms with Crippen LogP contribution in [0.25, 0.3) is 0 Å². The van der Waals surface area contributed by atoms with E-state index in [0.29, 0.717) is 17.5 Å². The molecule has 4 heteroatoms. The third kappa shape index (κ3) is 2.86. The Labute approximate surface area is 110 Å². The molecule has 0 radical (unpaired) electrons. The molecular weight excluding hydrogens is 224 g/mol. The summed E-state index contributed by atoms with van der Waals surface area (Å²) in [6.07, 6.45) is 2.08. The Morgan fingerprint density at radius 2 is 2.11 bits per heavy atom. The molecule has 1 saturated heterocycles. The van der Waals surface area contributed by atoms with Gasteiger partial charge in [0.25, 0.3) is 0 Å². The number of rotatable bonds is 2. The molecule has 1 aromatic heterocycles. The largest absolute Gasteiger partial charge is 0.352 e. The van der Waals surface area contributed by atoms with Crippen molar-refractivity contribution in [2.75, 3.05) is 24.5 Å². The van der Waals surface area contributed by atoms with Gasteiger partial charge in [0, 0.05) is 44.0 Å². The minimum atomic E-state index is 0.291. The van der Waals surface area contributed by atoms with Gasteiger partial charge in [-0.15, -0.1) is 0 Å². The average Bonchev–Trinajstić information content (AvgIpc) is 2.77. The van der Waals surface area contributed by atoms with Gasteiger partial charge in [-0.05, 0) is 19.3 Å². The number of aromatic nitrogens is 2. The zero-order valence-electron chi connectivity index (χ0n) is 12.3. The first-order chi connectivity index (χ1) is 8.38. The molecule has 1 aromatic rings. The minimum Gasteiger partial charge on any atom is -0.352 e. The van der Waals surface area contributed by atoms with E-state index in [0.717, 1.165) is 25.5 Å². The molecule has 1 atom stereocenters. The SMILES string of the molecule is CC(C)n1ccc(N2CCNC(C(C)(C)C)C2)n1. The smallest absolute Gasteiger partial charge is 0.150 e. The van der Waals surface area contributed by atoms with Gasteiger partial charge in [0.2, 0.25) is 0 Å². The molecule has 0 aliphatic carbocycles. The molecule has 18 heavy (non-hydrogen) atoms. The lowest BCUT2D eigenvalue weighted by Crippen LogP contribution is -2.56. The summed E-state index contributed by atoms with van der Waals surface area (Å²) in [7, 11) is 0. The third-order valence-corrected chi connectivity index (χ3v) is 3.67. The van der Waals surface area contributed by atoms with Crippen molar-refractivity contribution in [3.05, 3.63) is 12.3 Å². The van der Waals surface area contributed by atoms with Gasteiger partial charge in [0.15, 0.2) is 5.82 Å². The van der Waals surface area contributed by atoms with Crippen LogP contribution in [0.5, 0.6) is 0 Å². The third-order valence-electron chi connectivity index (χ3n) is 3.67. The Balaban J connectivity index is 2.08. The van der Waals surface area contributed by atoms with Gasteiger partial charge in [-0.1, -0.05) is 20.8 Å². The van der Waals surface area contributed by atoms with Crippen LogP contribution in [0.3, 0.4) is 0 Å². The topological polar surface area (TPSA) is 33.1 Å². The first-order valence-electron chi connectivity index (χ1n) is 6.91. The fraction of sp³-hybridized carbons (Fsp3) is 0.786. The molecule has 0 aromatic carbocycles. The van der Waals surface area contributed by atoms with Crippen LogP contribution in [0.15, 0.2) is 12.3 Å². The van der Waals surface area contributed by atoms with Crippen LogP contribution in [0.2, 0.25) is 0 Å². The monoisotopic (exact) mass is 250 g/mol. The Morgan fingerprint density at radius 3 is 2.67 bits per heavy atom. The van der Waals surface area contributed by atoms with E-state index in [1.807, 2.05) is 4.68 Å². The predicted octanol–water partition coefficient (Wildman–Crippen LogP) is 2.29. The highest BCUT2D eigenvalue weighted by Crippen LogP contribution is 2.24. The molecule has 0 saturated carbocycles. The molecule has 1 N–H and O–H groups in total. The van der Waals surface area contributed by atoms with Crippen LogP contribution in [0.4, 0.5) is 5.82 Å². The molecule has 1 aliphatic heterocycles. The van der Waals surface area contributed by atoms with Crippen molar-refractivity contribution in [3.8, 4) is 0 Å². The van der Waals surface area contributed by atoms with Crippen molar-refractivity contribution in [3.63, 3.8) is 0 Å². The summed E-state index contributed by atoms with van der Waals surface area (Å²) in [6, 6.07) is 3.08. The summed E-state index contributed by atoms with van der Waals surface area (Å²) in [5, 5.41) is 8.28. The lowest BCUT2D eigenvalue weighted by atomic mass is 9.85. The maximum atomic E-state index is 4.66. The number of anilines is 1. The highest BCUT2D eigenvalue weighted by molar-refractivity contribution is 5.38. The van der Waals surface area contributed by atoms with Crippen molar-refractivity contribution >= 4 is 5.82 Å². The van der Waals surface area contributed by atoms with Gasteiger partial charge in [-0.2, -0.15) is 5.10 Å². The van der Waals surface area contributed by atoms with Gasteiger partial charge in [-0.25, -0.2) is 0 Å². The van der Waals surface area contributed by atoms with E-state index in [2.05, 4.69) is 62.2 Å². The van der Waals surface area contributed by atoms with Crippen molar-refractivity contribution in [2.45, 2.75) is 46.7 Å². The van der Waals surface area contributed by atoms with Crippen LogP contribution in [0.1, 0.15) is 40.7 Å². The van der Waals surface area contributed by atoms with Gasteiger partial charge >= 0.3 is 0 Å². The van der Waals surface area contributed by atoms with E-state index in [1.54, 1.807) is 0 Å². The molecular formula is C14H26N4. The first-order valence-corrected chi connectivity index (χ1v) is 6.91. The molecule has 0 spiro atoms. The van der Waals surface area contributed by atoms with E-state index in [4.69, 9.17) is 0 Å². The molecule has 2 heterocycles. The second-order valence-electron chi connectivity index (χ2n) is 6.57. The Hall–Kier alpha value is -1.03. The van der Waals surface area contributed by atoms with E-state index in [1.165, 1.54) is 0 Å². The number of nitrogens with zero attached hydrogens (tertiary/aromatic N) is 3. The predicted molar refractivity (Wildman–Crippen MR) is 76.1 cm³/mol. The Kier molecular flexibility index (Phi) is 3.66. The zero-order chi connectivity index (χ0) is 13.3. The van der Waals surface area contributed by atoms with Crippen molar-refractivity contribution in [1.82, 2.24) is 15.1 Å². The number of nitrogens with one attached hydrogen (secondary N) is 1. The van der Waals surface area contributed by atoms with Crippen molar-refractivity contribution in [2.24, 2.45) is 5.41 Å². The number of hydrogen-bond donors (Lipinski definition) is 1. The average molecular weight is 250 g/mol. The highest BCUT2D eigenvalue weighted by Gasteiger charge is 2.30. The van der Waals surface area contributed by atoms with E-state index < -0.39 is 0 Å². The van der Waals surface area contributed by atoms with Gasteiger partial charge < -0.3 is 10.2 Å². The van der Waals surface area contributed by atoms with Crippen LogP contribution >= 0.6 is 0 Å². The fourth-order valence-electron chi connectivity index (χ4n) is 2.32. The van der Waals surface area contributed by atoms with Crippen molar-refractivity contribution in [1.29, 1.82) is 0 Å². The maximum Gasteiger partial charge on any atom is 0.150 e. The standard InChI is InChI=1S/C14H26N4/c1-11(2)18-8-6-13(16-18)17-9-7-15-12(10-17)14(3,4)5/h6,8,11-12,15H,7,9-10H2,1-5H3. The lowest BCUT2D eigenvalue weighted by Gasteiger charge is -2.40. The fourth-order valence-corrected chi connectivity index (χ4v) is 2.32. The van der Waals surface area contributed by atoms with E-state index in [9.17, 15) is 0 Å². The zero-order valence-corrected chi connectivity index (χ0v) is 12.3. The van der Waals surface area contributed by atoms with Crippen LogP contribution in [-0.4, -0.2) is 35.5 Å². The summed E-state index contributed by atoms with van der Waals surface area (Å²) < 4.78 is 2.03. The molecule has 4 nitrogen and oxygen atoms in total. The van der Waals surface area contributed by atoms with E-state index in [-0.39, 0.29) is 0 Å². The van der Waals surface area contributed by atoms with Gasteiger partial charge in [-0.3, -0.25) is 4.68 Å². The first kappa shape index (κ1) is 13.4. The molecule has 1 unspecified atom stereocenters. The van der Waals surface area contributed by atoms with Crippen LogP contribution in [0, 0.1) is 5.41 Å².